The summed E-state index contributed by atoms with van der Waals surface area (Å²) >= 11 is 0. The standard InChI is InChI=1S/C14H27N5O2.HI/c1-4-13(21)19-9-6-12(10-19)18-14(15-5-2)17-8-7-16-11(3)20;/h12H,4-10H2,1-3H3,(H,16,20)(H2,15,17,18);1H. The van der Waals surface area contributed by atoms with Crippen LogP contribution < -0.4 is 16.0 Å². The van der Waals surface area contributed by atoms with Crippen molar-refractivity contribution in [3.8, 4) is 0 Å². The zero-order valence-corrected chi connectivity index (χ0v) is 16.0. The van der Waals surface area contributed by atoms with Crippen molar-refractivity contribution in [2.75, 3.05) is 32.7 Å². The van der Waals surface area contributed by atoms with Gasteiger partial charge in [-0.25, -0.2) is 0 Å². The van der Waals surface area contributed by atoms with Gasteiger partial charge in [0.2, 0.25) is 11.8 Å². The van der Waals surface area contributed by atoms with Gasteiger partial charge in [-0.1, -0.05) is 6.92 Å². The summed E-state index contributed by atoms with van der Waals surface area (Å²) in [5, 5.41) is 9.24. The van der Waals surface area contributed by atoms with Crippen LogP contribution in [0, 0.1) is 0 Å². The SMILES string of the molecule is CCNC(=NCCNC(C)=O)NC1CCN(C(=O)CC)C1.I. The maximum atomic E-state index is 11.7. The number of carbonyl (C=O) groups excluding carboxylic acids is 2. The first kappa shape index (κ1) is 20.9. The minimum atomic E-state index is -0.0485. The lowest BCUT2D eigenvalue weighted by molar-refractivity contribution is -0.129. The second-order valence-electron chi connectivity index (χ2n) is 5.07. The Morgan fingerprint density at radius 3 is 2.59 bits per heavy atom. The molecule has 1 rings (SSSR count). The number of nitrogens with zero attached hydrogens (tertiary/aromatic N) is 2. The number of hydrogen-bond acceptors (Lipinski definition) is 3. The molecule has 1 atom stereocenters. The molecule has 0 spiro atoms. The average Bonchev–Trinajstić information content (AvgIpc) is 2.91. The maximum Gasteiger partial charge on any atom is 0.222 e. The molecule has 2 amide bonds. The van der Waals surface area contributed by atoms with Gasteiger partial charge in [0.1, 0.15) is 0 Å². The van der Waals surface area contributed by atoms with E-state index in [1.807, 2.05) is 18.7 Å². The first-order valence-corrected chi connectivity index (χ1v) is 7.63. The second-order valence-corrected chi connectivity index (χ2v) is 5.07. The van der Waals surface area contributed by atoms with Crippen molar-refractivity contribution in [3.05, 3.63) is 0 Å². The Kier molecular flexibility index (Phi) is 10.9. The molecule has 1 unspecified atom stereocenters. The van der Waals surface area contributed by atoms with E-state index < -0.39 is 0 Å². The van der Waals surface area contributed by atoms with E-state index in [9.17, 15) is 9.59 Å². The molecule has 1 saturated heterocycles. The van der Waals surface area contributed by atoms with Crippen molar-refractivity contribution < 1.29 is 9.59 Å². The van der Waals surface area contributed by atoms with Crippen molar-refractivity contribution in [2.24, 2.45) is 4.99 Å². The van der Waals surface area contributed by atoms with E-state index in [-0.39, 0.29) is 41.8 Å². The summed E-state index contributed by atoms with van der Waals surface area (Å²) in [5.74, 6) is 0.887. The number of aliphatic imine (C=N–C) groups is 1. The van der Waals surface area contributed by atoms with Crippen molar-refractivity contribution in [3.63, 3.8) is 0 Å². The molecule has 0 aromatic rings. The van der Waals surface area contributed by atoms with Crippen LogP contribution in [0.4, 0.5) is 0 Å². The fourth-order valence-electron chi connectivity index (χ4n) is 2.24. The predicted molar refractivity (Wildman–Crippen MR) is 98.5 cm³/mol. The summed E-state index contributed by atoms with van der Waals surface area (Å²) in [7, 11) is 0. The number of nitrogens with one attached hydrogen (secondary N) is 3. The van der Waals surface area contributed by atoms with Crippen molar-refractivity contribution in [1.29, 1.82) is 0 Å². The van der Waals surface area contributed by atoms with Gasteiger partial charge < -0.3 is 20.9 Å². The molecule has 0 aromatic heterocycles. The van der Waals surface area contributed by atoms with Crippen molar-refractivity contribution in [1.82, 2.24) is 20.9 Å². The zero-order valence-electron chi connectivity index (χ0n) is 13.6. The molecule has 0 bridgehead atoms. The topological polar surface area (TPSA) is 85.8 Å². The molecule has 0 saturated carbocycles. The van der Waals surface area contributed by atoms with E-state index >= 15 is 0 Å². The fourth-order valence-corrected chi connectivity index (χ4v) is 2.24. The molecule has 7 nitrogen and oxygen atoms in total. The minimum Gasteiger partial charge on any atom is -0.357 e. The van der Waals surface area contributed by atoms with Gasteiger partial charge >= 0.3 is 0 Å². The molecule has 1 heterocycles. The predicted octanol–water partition coefficient (Wildman–Crippen LogP) is 0.307. The Labute approximate surface area is 149 Å². The molecule has 0 aromatic carbocycles. The lowest BCUT2D eigenvalue weighted by Crippen LogP contribution is -2.45. The highest BCUT2D eigenvalue weighted by Gasteiger charge is 2.25. The first-order valence-electron chi connectivity index (χ1n) is 7.63. The molecule has 22 heavy (non-hydrogen) atoms. The molecule has 128 valence electrons. The van der Waals surface area contributed by atoms with E-state index in [4.69, 9.17) is 0 Å². The Morgan fingerprint density at radius 1 is 1.27 bits per heavy atom. The van der Waals surface area contributed by atoms with Crippen LogP contribution in [0.5, 0.6) is 0 Å². The Balaban J connectivity index is 0.00000441. The molecule has 1 fully saturated rings. The van der Waals surface area contributed by atoms with Crippen LogP contribution in [0.2, 0.25) is 0 Å². The number of carbonyl (C=O) groups is 2. The molecular weight excluding hydrogens is 397 g/mol. The highest BCUT2D eigenvalue weighted by molar-refractivity contribution is 14.0. The quantitative estimate of drug-likeness (QED) is 0.248. The maximum absolute atomic E-state index is 11.7. The van der Waals surface area contributed by atoms with E-state index in [1.54, 1.807) is 0 Å². The van der Waals surface area contributed by atoms with Crippen molar-refractivity contribution >= 4 is 41.8 Å². The minimum absolute atomic E-state index is 0. The van der Waals surface area contributed by atoms with Gasteiger partial charge in [-0.3, -0.25) is 14.6 Å². The summed E-state index contributed by atoms with van der Waals surface area (Å²) in [4.78, 5) is 28.8. The highest BCUT2D eigenvalue weighted by atomic mass is 127. The number of likely N-dealkylation sites (tertiary alicyclic amines) is 1. The zero-order chi connectivity index (χ0) is 15.7. The van der Waals surface area contributed by atoms with E-state index in [2.05, 4.69) is 20.9 Å². The number of rotatable bonds is 6. The fraction of sp³-hybridized carbons (Fsp3) is 0.786. The molecule has 8 heteroatoms. The average molecular weight is 425 g/mol. The third-order valence-electron chi connectivity index (χ3n) is 3.28. The molecule has 1 aliphatic rings. The third kappa shape index (κ3) is 7.81. The molecule has 1 aliphatic heterocycles. The number of halogens is 1. The lowest BCUT2D eigenvalue weighted by atomic mass is 10.3. The van der Waals surface area contributed by atoms with Crippen LogP contribution in [-0.2, 0) is 9.59 Å². The van der Waals surface area contributed by atoms with Gasteiger partial charge in [0, 0.05) is 45.6 Å². The summed E-state index contributed by atoms with van der Waals surface area (Å²) in [5.41, 5.74) is 0. The molecule has 3 N–H and O–H groups in total. The number of hydrogen-bond donors (Lipinski definition) is 3. The van der Waals surface area contributed by atoms with Crippen LogP contribution in [-0.4, -0.2) is 61.4 Å². The normalized spacial score (nSPS) is 17.7. The Morgan fingerprint density at radius 2 is 2.00 bits per heavy atom. The van der Waals surface area contributed by atoms with Gasteiger partial charge in [-0.2, -0.15) is 0 Å². The van der Waals surface area contributed by atoms with Gasteiger partial charge in [0.15, 0.2) is 5.96 Å². The third-order valence-corrected chi connectivity index (χ3v) is 3.28. The van der Waals surface area contributed by atoms with Crippen LogP contribution in [0.3, 0.4) is 0 Å². The van der Waals surface area contributed by atoms with E-state index in [0.717, 1.165) is 32.0 Å². The van der Waals surface area contributed by atoms with Crippen LogP contribution in [0.1, 0.15) is 33.6 Å². The lowest BCUT2D eigenvalue weighted by Gasteiger charge is -2.18. The monoisotopic (exact) mass is 425 g/mol. The van der Waals surface area contributed by atoms with Crippen LogP contribution >= 0.6 is 24.0 Å². The van der Waals surface area contributed by atoms with E-state index in [0.29, 0.717) is 19.5 Å². The highest BCUT2D eigenvalue weighted by Crippen LogP contribution is 2.10. The largest absolute Gasteiger partial charge is 0.357 e. The van der Waals surface area contributed by atoms with Gasteiger partial charge in [-0.05, 0) is 13.3 Å². The summed E-state index contributed by atoms with van der Waals surface area (Å²) in [6.45, 7) is 8.74. The first-order chi connectivity index (χ1) is 10.1. The van der Waals surface area contributed by atoms with Crippen molar-refractivity contribution in [2.45, 2.75) is 39.7 Å². The molecular formula is C14H28IN5O2. The molecule has 0 aliphatic carbocycles. The van der Waals surface area contributed by atoms with Gasteiger partial charge in [-0.15, -0.1) is 24.0 Å². The summed E-state index contributed by atoms with van der Waals surface area (Å²) in [6.07, 6.45) is 1.49. The van der Waals surface area contributed by atoms with Crippen LogP contribution in [0.15, 0.2) is 4.99 Å². The number of guanidine groups is 1. The van der Waals surface area contributed by atoms with Gasteiger partial charge in [0.25, 0.3) is 0 Å². The van der Waals surface area contributed by atoms with Crippen LogP contribution in [0.25, 0.3) is 0 Å². The second kappa shape index (κ2) is 11.5. The van der Waals surface area contributed by atoms with Gasteiger partial charge in [0.05, 0.1) is 6.54 Å². The summed E-state index contributed by atoms with van der Waals surface area (Å²) < 4.78 is 0. The molecule has 0 radical (unpaired) electrons. The smallest absolute Gasteiger partial charge is 0.222 e. The van der Waals surface area contributed by atoms with E-state index in [1.165, 1.54) is 6.92 Å². The Hall–Kier alpha value is -1.06. The Bertz CT molecular complexity index is 389. The number of amides is 2. The summed E-state index contributed by atoms with van der Waals surface area (Å²) in [6, 6.07) is 0.235.